The normalized spacial score (nSPS) is 25.8. The van der Waals surface area contributed by atoms with Crippen LogP contribution in [-0.4, -0.2) is 60.9 Å². The van der Waals surface area contributed by atoms with Crippen LogP contribution in [0.25, 0.3) is 0 Å². The Hall–Kier alpha value is -1.19. The summed E-state index contributed by atoms with van der Waals surface area (Å²) in [6, 6.07) is 0. The number of rotatable bonds is 5. The van der Waals surface area contributed by atoms with Crippen molar-refractivity contribution in [3.63, 3.8) is 0 Å². The Kier molecular flexibility index (Phi) is 4.65. The van der Waals surface area contributed by atoms with Gasteiger partial charge in [-0.15, -0.1) is 0 Å². The fourth-order valence-electron chi connectivity index (χ4n) is 2.02. The summed E-state index contributed by atoms with van der Waals surface area (Å²) in [6.45, 7) is 0.507. The highest BCUT2D eigenvalue weighted by Gasteiger charge is 2.38. The molecule has 0 aromatic carbocycles. The summed E-state index contributed by atoms with van der Waals surface area (Å²) in [5, 5.41) is 22.7. The Balaban J connectivity index is 2.63. The van der Waals surface area contributed by atoms with Crippen molar-refractivity contribution in [2.45, 2.75) is 6.42 Å². The van der Waals surface area contributed by atoms with Crippen LogP contribution in [0.5, 0.6) is 0 Å². The van der Waals surface area contributed by atoms with Gasteiger partial charge in [0, 0.05) is 13.1 Å². The fourth-order valence-corrected chi connectivity index (χ4v) is 2.54. The largest absolute Gasteiger partial charge is 0.481 e. The summed E-state index contributed by atoms with van der Waals surface area (Å²) in [7, 11) is -3.60. The van der Waals surface area contributed by atoms with E-state index in [1.165, 1.54) is 0 Å². The summed E-state index contributed by atoms with van der Waals surface area (Å²) in [4.78, 5) is 23.5. The quantitative estimate of drug-likeness (QED) is 0.550. The molecular weight excluding hydrogens is 264 g/mol. The van der Waals surface area contributed by atoms with Crippen molar-refractivity contribution in [1.82, 2.24) is 4.90 Å². The molecule has 1 saturated heterocycles. The van der Waals surface area contributed by atoms with Gasteiger partial charge in [0.1, 0.15) is 0 Å². The molecule has 104 valence electrons. The molecule has 2 atom stereocenters. The number of sulfonamides is 1. The molecule has 0 radical (unpaired) electrons. The van der Waals surface area contributed by atoms with E-state index in [0.717, 1.165) is 0 Å². The zero-order valence-electron chi connectivity index (χ0n) is 9.65. The molecule has 9 heteroatoms. The molecule has 0 spiro atoms. The first-order valence-electron chi connectivity index (χ1n) is 5.39. The Labute approximate surface area is 104 Å². The molecule has 0 saturated carbocycles. The minimum absolute atomic E-state index is 0.0296. The molecule has 2 unspecified atom stereocenters. The summed E-state index contributed by atoms with van der Waals surface area (Å²) in [5.41, 5.74) is 0. The highest BCUT2D eigenvalue weighted by molar-refractivity contribution is 7.89. The molecule has 1 aliphatic rings. The fraction of sp³-hybridized carbons (Fsp3) is 0.778. The van der Waals surface area contributed by atoms with Crippen LogP contribution in [0.2, 0.25) is 0 Å². The van der Waals surface area contributed by atoms with Gasteiger partial charge in [0.25, 0.3) is 0 Å². The first kappa shape index (κ1) is 14.9. The van der Waals surface area contributed by atoms with Gasteiger partial charge in [0.05, 0.1) is 17.6 Å². The van der Waals surface area contributed by atoms with Crippen LogP contribution in [0, 0.1) is 11.8 Å². The monoisotopic (exact) mass is 280 g/mol. The number of piperidine rings is 1. The summed E-state index contributed by atoms with van der Waals surface area (Å²) >= 11 is 0. The number of nitrogens with two attached hydrogens (primary N) is 1. The third kappa shape index (κ3) is 4.24. The molecule has 8 nitrogen and oxygen atoms in total. The van der Waals surface area contributed by atoms with E-state index in [-0.39, 0.29) is 25.3 Å². The van der Waals surface area contributed by atoms with Crippen molar-refractivity contribution < 1.29 is 28.2 Å². The van der Waals surface area contributed by atoms with E-state index in [1.807, 2.05) is 0 Å². The van der Waals surface area contributed by atoms with Gasteiger partial charge >= 0.3 is 11.9 Å². The number of hydrogen-bond donors (Lipinski definition) is 3. The van der Waals surface area contributed by atoms with Crippen LogP contribution in [-0.2, 0) is 19.6 Å². The number of hydrogen-bond acceptors (Lipinski definition) is 5. The lowest BCUT2D eigenvalue weighted by molar-refractivity contribution is -0.157. The van der Waals surface area contributed by atoms with Gasteiger partial charge in [0.2, 0.25) is 10.0 Å². The van der Waals surface area contributed by atoms with E-state index in [1.54, 1.807) is 4.90 Å². The van der Waals surface area contributed by atoms with Crippen LogP contribution < -0.4 is 5.14 Å². The molecule has 0 amide bonds. The summed E-state index contributed by atoms with van der Waals surface area (Å²) < 4.78 is 21.6. The first-order chi connectivity index (χ1) is 8.20. The average Bonchev–Trinajstić information content (AvgIpc) is 2.24. The van der Waals surface area contributed by atoms with E-state index >= 15 is 0 Å². The Bertz CT molecular complexity index is 434. The molecule has 1 heterocycles. The second kappa shape index (κ2) is 5.63. The standard InChI is InChI=1S/C9H16N2O6S/c10-18(16,17)4-3-11-2-1-6(8(12)13)7(5-11)9(14)15/h6-7H,1-5H2,(H,12,13)(H,14,15)(H2,10,16,17). The third-order valence-electron chi connectivity index (χ3n) is 3.02. The minimum atomic E-state index is -3.60. The molecule has 0 bridgehead atoms. The zero-order valence-corrected chi connectivity index (χ0v) is 10.5. The van der Waals surface area contributed by atoms with E-state index < -0.39 is 33.8 Å². The van der Waals surface area contributed by atoms with E-state index in [4.69, 9.17) is 15.4 Å². The van der Waals surface area contributed by atoms with Gasteiger partial charge in [-0.25, -0.2) is 13.6 Å². The maximum Gasteiger partial charge on any atom is 0.308 e. The molecule has 18 heavy (non-hydrogen) atoms. The first-order valence-corrected chi connectivity index (χ1v) is 7.10. The van der Waals surface area contributed by atoms with Crippen molar-refractivity contribution in [2.24, 2.45) is 17.0 Å². The minimum Gasteiger partial charge on any atom is -0.481 e. The molecule has 0 aromatic heterocycles. The maximum atomic E-state index is 11.0. The molecule has 1 rings (SSSR count). The predicted octanol–water partition coefficient (Wildman–Crippen LogP) is -1.62. The van der Waals surface area contributed by atoms with Crippen LogP contribution in [0.4, 0.5) is 0 Å². The van der Waals surface area contributed by atoms with Crippen molar-refractivity contribution in [3.05, 3.63) is 0 Å². The van der Waals surface area contributed by atoms with Crippen LogP contribution >= 0.6 is 0 Å². The lowest BCUT2D eigenvalue weighted by Crippen LogP contribution is -2.47. The van der Waals surface area contributed by atoms with Crippen LogP contribution in [0.3, 0.4) is 0 Å². The number of aliphatic carboxylic acids is 2. The summed E-state index contributed by atoms with van der Waals surface area (Å²) in [6.07, 6.45) is 0.191. The lowest BCUT2D eigenvalue weighted by Gasteiger charge is -2.34. The second-order valence-corrected chi connectivity index (χ2v) is 6.08. The van der Waals surface area contributed by atoms with Gasteiger partial charge in [0.15, 0.2) is 0 Å². The molecule has 0 aromatic rings. The maximum absolute atomic E-state index is 11.0. The third-order valence-corrected chi connectivity index (χ3v) is 3.77. The van der Waals surface area contributed by atoms with Crippen LogP contribution in [0.1, 0.15) is 6.42 Å². The Morgan fingerprint density at radius 3 is 2.22 bits per heavy atom. The molecule has 4 N–H and O–H groups in total. The number of carboxylic acids is 2. The second-order valence-electron chi connectivity index (χ2n) is 4.35. The van der Waals surface area contributed by atoms with Crippen molar-refractivity contribution in [3.8, 4) is 0 Å². The Morgan fingerprint density at radius 1 is 1.22 bits per heavy atom. The molecule has 1 fully saturated rings. The van der Waals surface area contributed by atoms with Gasteiger partial charge in [-0.2, -0.15) is 0 Å². The SMILES string of the molecule is NS(=O)(=O)CCN1CCC(C(=O)O)C(C(=O)O)C1. The van der Waals surface area contributed by atoms with E-state index in [9.17, 15) is 18.0 Å². The van der Waals surface area contributed by atoms with E-state index in [0.29, 0.717) is 6.54 Å². The molecule has 1 aliphatic heterocycles. The number of carbonyl (C=O) groups is 2. The zero-order chi connectivity index (χ0) is 13.9. The smallest absolute Gasteiger partial charge is 0.308 e. The van der Waals surface area contributed by atoms with Gasteiger partial charge in [-0.1, -0.05) is 0 Å². The number of primary sulfonamides is 1. The average molecular weight is 280 g/mol. The van der Waals surface area contributed by atoms with Gasteiger partial charge < -0.3 is 15.1 Å². The molecular formula is C9H16N2O6S. The van der Waals surface area contributed by atoms with Crippen molar-refractivity contribution >= 4 is 22.0 Å². The topological polar surface area (TPSA) is 138 Å². The molecule has 0 aliphatic carbocycles. The van der Waals surface area contributed by atoms with Gasteiger partial charge in [-0.3, -0.25) is 9.59 Å². The van der Waals surface area contributed by atoms with Crippen molar-refractivity contribution in [2.75, 3.05) is 25.4 Å². The van der Waals surface area contributed by atoms with Gasteiger partial charge in [-0.05, 0) is 13.0 Å². The predicted molar refractivity (Wildman–Crippen MR) is 61.3 cm³/mol. The Morgan fingerprint density at radius 2 is 1.78 bits per heavy atom. The highest BCUT2D eigenvalue weighted by Crippen LogP contribution is 2.24. The number of carboxylic acid groups (broad SMARTS) is 2. The number of nitrogens with zero attached hydrogens (tertiary/aromatic N) is 1. The number of likely N-dealkylation sites (tertiary alicyclic amines) is 1. The van der Waals surface area contributed by atoms with E-state index in [2.05, 4.69) is 0 Å². The lowest BCUT2D eigenvalue weighted by atomic mass is 9.85. The van der Waals surface area contributed by atoms with Crippen LogP contribution in [0.15, 0.2) is 0 Å². The summed E-state index contributed by atoms with van der Waals surface area (Å²) in [5.74, 6) is -4.52. The van der Waals surface area contributed by atoms with Crippen molar-refractivity contribution in [1.29, 1.82) is 0 Å². The highest BCUT2D eigenvalue weighted by atomic mass is 32.2.